The lowest BCUT2D eigenvalue weighted by molar-refractivity contribution is -0.126. The minimum absolute atomic E-state index is 0.0607. The molecule has 4 N–H and O–H groups in total. The van der Waals surface area contributed by atoms with Crippen LogP contribution in [0.15, 0.2) is 12.7 Å². The number of primary amides is 1. The summed E-state index contributed by atoms with van der Waals surface area (Å²) in [4.78, 5) is 32.6. The minimum Gasteiger partial charge on any atom is -0.445 e. The molecule has 3 amide bonds. The monoisotopic (exact) mass is 229 g/mol. The van der Waals surface area contributed by atoms with Crippen LogP contribution >= 0.6 is 0 Å². The maximum absolute atomic E-state index is 11.1. The number of ether oxygens (including phenoxy) is 1. The average Bonchev–Trinajstić information content (AvgIpc) is 2.23. The van der Waals surface area contributed by atoms with Crippen LogP contribution in [0.3, 0.4) is 0 Å². The first kappa shape index (κ1) is 13.9. The van der Waals surface area contributed by atoms with E-state index in [1.165, 1.54) is 13.0 Å². The Morgan fingerprint density at radius 3 is 2.62 bits per heavy atom. The van der Waals surface area contributed by atoms with Crippen LogP contribution in [-0.4, -0.2) is 37.1 Å². The topological polar surface area (TPSA) is 111 Å². The highest BCUT2D eigenvalue weighted by Gasteiger charge is 2.12. The SMILES string of the molecule is C=CCOC(=O)NCC(=O)NC(C)C(N)=O. The van der Waals surface area contributed by atoms with Crippen molar-refractivity contribution in [2.75, 3.05) is 13.2 Å². The molecule has 0 aromatic carbocycles. The maximum atomic E-state index is 11.1. The van der Waals surface area contributed by atoms with Crippen molar-refractivity contribution in [2.24, 2.45) is 5.73 Å². The first-order valence-corrected chi connectivity index (χ1v) is 4.57. The molecule has 16 heavy (non-hydrogen) atoms. The molecule has 1 atom stereocenters. The van der Waals surface area contributed by atoms with Crippen LogP contribution in [0.2, 0.25) is 0 Å². The van der Waals surface area contributed by atoms with Crippen LogP contribution in [-0.2, 0) is 14.3 Å². The predicted octanol–water partition coefficient (Wildman–Crippen LogP) is -1.11. The van der Waals surface area contributed by atoms with E-state index in [0.717, 1.165) is 0 Å². The zero-order chi connectivity index (χ0) is 12.6. The second kappa shape index (κ2) is 7.27. The fourth-order valence-corrected chi connectivity index (χ4v) is 0.702. The second-order valence-corrected chi connectivity index (χ2v) is 2.93. The van der Waals surface area contributed by atoms with Gasteiger partial charge in [0.15, 0.2) is 0 Å². The van der Waals surface area contributed by atoms with Crippen molar-refractivity contribution < 1.29 is 19.1 Å². The van der Waals surface area contributed by atoms with E-state index in [1.54, 1.807) is 0 Å². The summed E-state index contributed by atoms with van der Waals surface area (Å²) in [7, 11) is 0. The molecule has 0 aromatic rings. The van der Waals surface area contributed by atoms with E-state index < -0.39 is 23.9 Å². The lowest BCUT2D eigenvalue weighted by Crippen LogP contribution is -2.46. The Hall–Kier alpha value is -2.05. The predicted molar refractivity (Wildman–Crippen MR) is 56.3 cm³/mol. The van der Waals surface area contributed by atoms with Crippen LogP contribution in [0.1, 0.15) is 6.92 Å². The van der Waals surface area contributed by atoms with Gasteiger partial charge in [0.05, 0.1) is 0 Å². The number of rotatable bonds is 6. The normalized spacial score (nSPS) is 11.1. The number of hydrogen-bond donors (Lipinski definition) is 3. The largest absolute Gasteiger partial charge is 0.445 e. The van der Waals surface area contributed by atoms with Crippen LogP contribution in [0.25, 0.3) is 0 Å². The summed E-state index contributed by atoms with van der Waals surface area (Å²) >= 11 is 0. The Labute approximate surface area is 93.0 Å². The third-order valence-corrected chi connectivity index (χ3v) is 1.53. The smallest absolute Gasteiger partial charge is 0.407 e. The summed E-state index contributed by atoms with van der Waals surface area (Å²) in [6, 6.07) is -0.779. The van der Waals surface area contributed by atoms with Crippen molar-refractivity contribution in [3.63, 3.8) is 0 Å². The number of alkyl carbamates (subject to hydrolysis) is 1. The molecule has 0 fully saturated rings. The quantitative estimate of drug-likeness (QED) is 0.501. The van der Waals surface area contributed by atoms with Crippen molar-refractivity contribution in [1.29, 1.82) is 0 Å². The first-order valence-electron chi connectivity index (χ1n) is 4.57. The summed E-state index contributed by atoms with van der Waals surface area (Å²) in [6.07, 6.45) is 0.663. The molecule has 0 saturated carbocycles. The lowest BCUT2D eigenvalue weighted by atomic mass is 10.3. The minimum atomic E-state index is -0.779. The molecule has 0 aliphatic rings. The highest BCUT2D eigenvalue weighted by Crippen LogP contribution is 1.80. The highest BCUT2D eigenvalue weighted by molar-refractivity contribution is 5.88. The maximum Gasteiger partial charge on any atom is 0.407 e. The molecule has 0 heterocycles. The van der Waals surface area contributed by atoms with E-state index in [-0.39, 0.29) is 13.2 Å². The van der Waals surface area contributed by atoms with Gasteiger partial charge < -0.3 is 21.1 Å². The van der Waals surface area contributed by atoms with Gasteiger partial charge in [-0.15, -0.1) is 0 Å². The molecule has 0 bridgehead atoms. The fraction of sp³-hybridized carbons (Fsp3) is 0.444. The van der Waals surface area contributed by atoms with Gasteiger partial charge in [-0.25, -0.2) is 4.79 Å². The van der Waals surface area contributed by atoms with Gasteiger partial charge >= 0.3 is 6.09 Å². The molecule has 0 aromatic heterocycles. The number of nitrogens with one attached hydrogen (secondary N) is 2. The summed E-state index contributed by atoms with van der Waals surface area (Å²) < 4.78 is 4.55. The molecule has 0 aliphatic heterocycles. The van der Waals surface area contributed by atoms with E-state index in [9.17, 15) is 14.4 Å². The zero-order valence-electron chi connectivity index (χ0n) is 8.99. The average molecular weight is 229 g/mol. The van der Waals surface area contributed by atoms with Gasteiger partial charge in [0.2, 0.25) is 11.8 Å². The molecule has 0 rings (SSSR count). The standard InChI is InChI=1S/C9H15N3O4/c1-3-4-16-9(15)11-5-7(13)12-6(2)8(10)14/h3,6H,1,4-5H2,2H3,(H2,10,14)(H,11,15)(H,12,13). The Morgan fingerprint density at radius 1 is 1.50 bits per heavy atom. The van der Waals surface area contributed by atoms with Gasteiger partial charge in [-0.3, -0.25) is 9.59 Å². The van der Waals surface area contributed by atoms with Gasteiger partial charge in [0.25, 0.3) is 0 Å². The van der Waals surface area contributed by atoms with E-state index in [4.69, 9.17) is 5.73 Å². The molecular formula is C9H15N3O4. The van der Waals surface area contributed by atoms with E-state index in [2.05, 4.69) is 21.9 Å². The van der Waals surface area contributed by atoms with Crippen molar-refractivity contribution in [3.8, 4) is 0 Å². The first-order chi connectivity index (χ1) is 7.47. The molecule has 0 radical (unpaired) electrons. The second-order valence-electron chi connectivity index (χ2n) is 2.93. The third kappa shape index (κ3) is 6.41. The number of hydrogen-bond acceptors (Lipinski definition) is 4. The van der Waals surface area contributed by atoms with Crippen molar-refractivity contribution in [2.45, 2.75) is 13.0 Å². The van der Waals surface area contributed by atoms with Gasteiger partial charge in [0, 0.05) is 0 Å². The Balaban J connectivity index is 3.76. The molecule has 1 unspecified atom stereocenters. The van der Waals surface area contributed by atoms with E-state index in [1.807, 2.05) is 0 Å². The summed E-state index contributed by atoms with van der Waals surface area (Å²) in [6.45, 7) is 4.57. The summed E-state index contributed by atoms with van der Waals surface area (Å²) in [5.41, 5.74) is 4.93. The summed E-state index contributed by atoms with van der Waals surface area (Å²) in [5.74, 6) is -1.18. The molecule has 7 heteroatoms. The Kier molecular flexibility index (Phi) is 6.34. The van der Waals surface area contributed by atoms with Gasteiger partial charge in [-0.05, 0) is 6.92 Å². The van der Waals surface area contributed by atoms with Crippen molar-refractivity contribution >= 4 is 17.9 Å². The van der Waals surface area contributed by atoms with E-state index in [0.29, 0.717) is 0 Å². The van der Waals surface area contributed by atoms with Crippen molar-refractivity contribution in [1.82, 2.24) is 10.6 Å². The van der Waals surface area contributed by atoms with Gasteiger partial charge in [0.1, 0.15) is 19.2 Å². The fourth-order valence-electron chi connectivity index (χ4n) is 0.702. The molecule has 7 nitrogen and oxygen atoms in total. The van der Waals surface area contributed by atoms with E-state index >= 15 is 0 Å². The third-order valence-electron chi connectivity index (χ3n) is 1.53. The molecular weight excluding hydrogens is 214 g/mol. The number of amides is 3. The molecule has 0 spiro atoms. The number of carbonyl (C=O) groups is 3. The Morgan fingerprint density at radius 2 is 2.12 bits per heavy atom. The number of nitrogens with two attached hydrogens (primary N) is 1. The molecule has 0 aliphatic carbocycles. The van der Waals surface area contributed by atoms with Crippen LogP contribution in [0.4, 0.5) is 4.79 Å². The number of carbonyl (C=O) groups excluding carboxylic acids is 3. The lowest BCUT2D eigenvalue weighted by Gasteiger charge is -2.10. The van der Waals surface area contributed by atoms with Gasteiger partial charge in [-0.1, -0.05) is 12.7 Å². The molecule has 0 saturated heterocycles. The van der Waals surface area contributed by atoms with Gasteiger partial charge in [-0.2, -0.15) is 0 Å². The van der Waals surface area contributed by atoms with Crippen LogP contribution in [0.5, 0.6) is 0 Å². The molecule has 90 valence electrons. The Bertz CT molecular complexity index is 290. The van der Waals surface area contributed by atoms with Crippen molar-refractivity contribution in [3.05, 3.63) is 12.7 Å². The van der Waals surface area contributed by atoms with Crippen LogP contribution in [0, 0.1) is 0 Å². The zero-order valence-corrected chi connectivity index (χ0v) is 8.99. The summed E-state index contributed by atoms with van der Waals surface area (Å²) in [5, 5.41) is 4.48. The van der Waals surface area contributed by atoms with Crippen LogP contribution < -0.4 is 16.4 Å². The highest BCUT2D eigenvalue weighted by atomic mass is 16.5.